The van der Waals surface area contributed by atoms with Crippen LogP contribution < -0.4 is 0 Å². The minimum atomic E-state index is -0.0841. The molecule has 3 rings (SSSR count). The second kappa shape index (κ2) is 5.69. The Labute approximate surface area is 122 Å². The molecule has 1 saturated heterocycles. The lowest BCUT2D eigenvalue weighted by Crippen LogP contribution is -2.50. The van der Waals surface area contributed by atoms with E-state index in [1.807, 2.05) is 11.1 Å². The van der Waals surface area contributed by atoms with Crippen molar-refractivity contribution in [2.75, 3.05) is 26.2 Å². The number of hydrogen-bond acceptors (Lipinski definition) is 5. The third kappa shape index (κ3) is 2.69. The van der Waals surface area contributed by atoms with E-state index in [4.69, 9.17) is 4.52 Å². The number of piperazine rings is 1. The third-order valence-corrected chi connectivity index (χ3v) is 3.87. The minimum absolute atomic E-state index is 0.0841. The molecule has 112 valence electrons. The van der Waals surface area contributed by atoms with Crippen LogP contribution in [0.2, 0.25) is 0 Å². The summed E-state index contributed by atoms with van der Waals surface area (Å²) >= 11 is 0. The van der Waals surface area contributed by atoms with Crippen LogP contribution in [0.25, 0.3) is 0 Å². The van der Waals surface area contributed by atoms with Crippen molar-refractivity contribution < 1.29 is 9.32 Å². The number of carbonyl (C=O) groups excluding carboxylic acids is 1. The van der Waals surface area contributed by atoms with Gasteiger partial charge in [0.1, 0.15) is 11.6 Å². The fraction of sp³-hybridized carbons (Fsp3) is 0.500. The molecule has 0 unspecified atom stereocenters. The van der Waals surface area contributed by atoms with Crippen molar-refractivity contribution in [2.24, 2.45) is 0 Å². The zero-order chi connectivity index (χ0) is 14.8. The summed E-state index contributed by atoms with van der Waals surface area (Å²) in [4.78, 5) is 24.1. The van der Waals surface area contributed by atoms with Crippen molar-refractivity contribution >= 4 is 5.91 Å². The molecule has 3 heterocycles. The minimum Gasteiger partial charge on any atom is -0.361 e. The second-order valence-corrected chi connectivity index (χ2v) is 5.19. The van der Waals surface area contributed by atoms with Crippen LogP contribution >= 0.6 is 0 Å². The highest BCUT2D eigenvalue weighted by molar-refractivity contribution is 5.92. The standard InChI is InChI=1S/C14H19N5O2/c1-3-18-6-7-19(9-12(18)13-15-4-5-16-13)14(20)11-8-10(2)21-17-11/h4-5,8,12H,3,6-7,9H2,1-2H3,(H,15,16)/t12-/m0/s1. The fourth-order valence-electron chi connectivity index (χ4n) is 2.73. The summed E-state index contributed by atoms with van der Waals surface area (Å²) in [6, 6.07) is 1.77. The molecule has 2 aromatic rings. The zero-order valence-corrected chi connectivity index (χ0v) is 12.2. The van der Waals surface area contributed by atoms with Gasteiger partial charge in [0, 0.05) is 38.1 Å². The van der Waals surface area contributed by atoms with Crippen molar-refractivity contribution in [3.05, 3.63) is 35.7 Å². The van der Waals surface area contributed by atoms with Crippen LogP contribution in [0.5, 0.6) is 0 Å². The first-order valence-corrected chi connectivity index (χ1v) is 7.15. The summed E-state index contributed by atoms with van der Waals surface area (Å²) in [5, 5.41) is 3.81. The number of likely N-dealkylation sites (N-methyl/N-ethyl adjacent to an activating group) is 1. The third-order valence-electron chi connectivity index (χ3n) is 3.87. The molecule has 1 atom stereocenters. The SMILES string of the molecule is CCN1CCN(C(=O)c2cc(C)on2)C[C@H]1c1ncc[nH]1. The van der Waals surface area contributed by atoms with Crippen LogP contribution in [0.3, 0.4) is 0 Å². The van der Waals surface area contributed by atoms with Crippen LogP contribution in [0, 0.1) is 6.92 Å². The van der Waals surface area contributed by atoms with E-state index in [9.17, 15) is 4.79 Å². The van der Waals surface area contributed by atoms with Gasteiger partial charge in [0.05, 0.1) is 6.04 Å². The lowest BCUT2D eigenvalue weighted by Gasteiger charge is -2.39. The summed E-state index contributed by atoms with van der Waals surface area (Å²) in [5.74, 6) is 1.46. The first kappa shape index (κ1) is 13.8. The van der Waals surface area contributed by atoms with Crippen molar-refractivity contribution in [2.45, 2.75) is 19.9 Å². The predicted octanol–water partition coefficient (Wildman–Crippen LogP) is 1.23. The molecular weight excluding hydrogens is 270 g/mol. The van der Waals surface area contributed by atoms with Gasteiger partial charge in [-0.1, -0.05) is 12.1 Å². The molecule has 1 amide bonds. The number of carbonyl (C=O) groups is 1. The maximum atomic E-state index is 12.5. The largest absolute Gasteiger partial charge is 0.361 e. The van der Waals surface area contributed by atoms with Gasteiger partial charge in [-0.2, -0.15) is 0 Å². The van der Waals surface area contributed by atoms with E-state index in [-0.39, 0.29) is 11.9 Å². The number of aromatic amines is 1. The number of aromatic nitrogens is 3. The Morgan fingerprint density at radius 1 is 1.52 bits per heavy atom. The van der Waals surface area contributed by atoms with Crippen LogP contribution in [0.4, 0.5) is 0 Å². The van der Waals surface area contributed by atoms with Crippen LogP contribution in [-0.2, 0) is 0 Å². The lowest BCUT2D eigenvalue weighted by atomic mass is 10.1. The molecule has 1 fully saturated rings. The average Bonchev–Trinajstić information content (AvgIpc) is 3.17. The maximum Gasteiger partial charge on any atom is 0.276 e. The second-order valence-electron chi connectivity index (χ2n) is 5.19. The Balaban J connectivity index is 1.78. The molecule has 0 radical (unpaired) electrons. The number of nitrogens with zero attached hydrogens (tertiary/aromatic N) is 4. The van der Waals surface area contributed by atoms with E-state index in [1.165, 1.54) is 0 Å². The predicted molar refractivity (Wildman–Crippen MR) is 75.7 cm³/mol. The molecule has 0 aliphatic carbocycles. The highest BCUT2D eigenvalue weighted by atomic mass is 16.5. The molecular formula is C14H19N5O2. The molecule has 2 aromatic heterocycles. The van der Waals surface area contributed by atoms with Gasteiger partial charge in [-0.15, -0.1) is 0 Å². The summed E-state index contributed by atoms with van der Waals surface area (Å²) in [6.45, 7) is 6.95. The molecule has 1 aliphatic heterocycles. The van der Waals surface area contributed by atoms with E-state index in [2.05, 4.69) is 26.9 Å². The molecule has 0 saturated carbocycles. The normalized spacial score (nSPS) is 19.9. The van der Waals surface area contributed by atoms with Crippen molar-refractivity contribution in [3.63, 3.8) is 0 Å². The average molecular weight is 289 g/mol. The number of hydrogen-bond donors (Lipinski definition) is 1. The molecule has 0 bridgehead atoms. The fourth-order valence-corrected chi connectivity index (χ4v) is 2.73. The van der Waals surface area contributed by atoms with Gasteiger partial charge in [-0.3, -0.25) is 9.69 Å². The number of imidazole rings is 1. The van der Waals surface area contributed by atoms with E-state index < -0.39 is 0 Å². The summed E-state index contributed by atoms with van der Waals surface area (Å²) in [5.41, 5.74) is 0.371. The Morgan fingerprint density at radius 3 is 3.00 bits per heavy atom. The molecule has 1 aliphatic rings. The van der Waals surface area contributed by atoms with E-state index in [0.717, 1.165) is 18.9 Å². The highest BCUT2D eigenvalue weighted by Gasteiger charge is 2.32. The first-order chi connectivity index (χ1) is 10.2. The Bertz CT molecular complexity index is 607. The number of amides is 1. The smallest absolute Gasteiger partial charge is 0.276 e. The monoisotopic (exact) mass is 289 g/mol. The molecule has 7 heteroatoms. The van der Waals surface area contributed by atoms with Gasteiger partial charge in [0.2, 0.25) is 0 Å². The Kier molecular flexibility index (Phi) is 3.74. The van der Waals surface area contributed by atoms with Crippen LogP contribution in [0.15, 0.2) is 23.0 Å². The summed E-state index contributed by atoms with van der Waals surface area (Å²) in [7, 11) is 0. The van der Waals surface area contributed by atoms with Gasteiger partial charge in [0.25, 0.3) is 5.91 Å². The highest BCUT2D eigenvalue weighted by Crippen LogP contribution is 2.23. The van der Waals surface area contributed by atoms with Gasteiger partial charge in [-0.05, 0) is 13.5 Å². The van der Waals surface area contributed by atoms with Crippen molar-refractivity contribution in [1.82, 2.24) is 24.9 Å². The van der Waals surface area contributed by atoms with Crippen molar-refractivity contribution in [1.29, 1.82) is 0 Å². The van der Waals surface area contributed by atoms with Crippen LogP contribution in [-0.4, -0.2) is 57.0 Å². The maximum absolute atomic E-state index is 12.5. The Hall–Kier alpha value is -2.15. The molecule has 7 nitrogen and oxygen atoms in total. The van der Waals surface area contributed by atoms with Gasteiger partial charge >= 0.3 is 0 Å². The molecule has 1 N–H and O–H groups in total. The van der Waals surface area contributed by atoms with Crippen molar-refractivity contribution in [3.8, 4) is 0 Å². The molecule has 21 heavy (non-hydrogen) atoms. The van der Waals surface area contributed by atoms with E-state index in [1.54, 1.807) is 19.2 Å². The number of H-pyrrole nitrogens is 1. The molecule has 0 aromatic carbocycles. The van der Waals surface area contributed by atoms with Crippen LogP contribution in [0.1, 0.15) is 35.0 Å². The van der Waals surface area contributed by atoms with Gasteiger partial charge in [-0.25, -0.2) is 4.98 Å². The van der Waals surface area contributed by atoms with Gasteiger partial charge < -0.3 is 14.4 Å². The zero-order valence-electron chi connectivity index (χ0n) is 12.2. The number of nitrogens with one attached hydrogen (secondary N) is 1. The quantitative estimate of drug-likeness (QED) is 0.919. The topological polar surface area (TPSA) is 78.3 Å². The van der Waals surface area contributed by atoms with E-state index >= 15 is 0 Å². The first-order valence-electron chi connectivity index (χ1n) is 7.15. The Morgan fingerprint density at radius 2 is 2.38 bits per heavy atom. The van der Waals surface area contributed by atoms with Gasteiger partial charge in [0.15, 0.2) is 5.69 Å². The van der Waals surface area contributed by atoms with E-state index in [0.29, 0.717) is 24.5 Å². The number of rotatable bonds is 3. The summed E-state index contributed by atoms with van der Waals surface area (Å²) < 4.78 is 4.99. The summed E-state index contributed by atoms with van der Waals surface area (Å²) in [6.07, 6.45) is 3.55. The molecule has 0 spiro atoms. The lowest BCUT2D eigenvalue weighted by molar-refractivity contribution is 0.0471. The number of aryl methyl sites for hydroxylation is 1.